The molecule has 1 rings (SSSR count). The molecule has 1 saturated carbocycles. The fourth-order valence-electron chi connectivity index (χ4n) is 2.51. The third kappa shape index (κ3) is 3.68. The molecule has 1 unspecified atom stereocenters. The Balaban J connectivity index is 2.27. The summed E-state index contributed by atoms with van der Waals surface area (Å²) >= 11 is 0. The summed E-state index contributed by atoms with van der Waals surface area (Å²) in [7, 11) is 2.10. The average Bonchev–Trinajstić information content (AvgIpc) is 2.15. The van der Waals surface area contributed by atoms with Crippen molar-refractivity contribution < 1.29 is 0 Å². The van der Waals surface area contributed by atoms with Gasteiger partial charge in [0, 0.05) is 6.04 Å². The van der Waals surface area contributed by atoms with Crippen LogP contribution in [-0.2, 0) is 0 Å². The number of hydrogen-bond acceptors (Lipinski definition) is 1. The first-order valence-corrected chi connectivity index (χ1v) is 5.91. The van der Waals surface area contributed by atoms with E-state index in [1.807, 2.05) is 0 Å². The van der Waals surface area contributed by atoms with Crippen LogP contribution in [0.15, 0.2) is 0 Å². The fourth-order valence-corrected chi connectivity index (χ4v) is 2.51. The molecule has 0 bridgehead atoms. The second-order valence-corrected chi connectivity index (χ2v) is 4.88. The zero-order valence-electron chi connectivity index (χ0n) is 9.47. The summed E-state index contributed by atoms with van der Waals surface area (Å²) in [4.78, 5) is 0. The van der Waals surface area contributed by atoms with Gasteiger partial charge in [0.2, 0.25) is 0 Å². The van der Waals surface area contributed by atoms with Gasteiger partial charge in [-0.1, -0.05) is 46.0 Å². The van der Waals surface area contributed by atoms with Crippen LogP contribution in [0.4, 0.5) is 0 Å². The van der Waals surface area contributed by atoms with Crippen LogP contribution in [0.25, 0.3) is 0 Å². The lowest BCUT2D eigenvalue weighted by atomic mass is 9.82. The van der Waals surface area contributed by atoms with Gasteiger partial charge in [0.1, 0.15) is 0 Å². The topological polar surface area (TPSA) is 12.0 Å². The van der Waals surface area contributed by atoms with Crippen molar-refractivity contribution in [2.45, 2.75) is 58.4 Å². The van der Waals surface area contributed by atoms with Gasteiger partial charge in [-0.05, 0) is 25.3 Å². The number of hydrogen-bond donors (Lipinski definition) is 1. The quantitative estimate of drug-likeness (QED) is 0.706. The van der Waals surface area contributed by atoms with Crippen molar-refractivity contribution in [2.75, 3.05) is 7.05 Å². The van der Waals surface area contributed by atoms with E-state index in [0.717, 1.165) is 17.9 Å². The van der Waals surface area contributed by atoms with E-state index in [9.17, 15) is 0 Å². The van der Waals surface area contributed by atoms with Crippen molar-refractivity contribution in [3.8, 4) is 0 Å². The highest BCUT2D eigenvalue weighted by Gasteiger charge is 2.19. The maximum absolute atomic E-state index is 3.45. The molecule has 0 saturated heterocycles. The largest absolute Gasteiger partial charge is 0.317 e. The Labute approximate surface area is 83.3 Å². The standard InChI is InChI=1S/C12H25N/c1-10(2)12(13-3)9-11-7-5-4-6-8-11/h10-13H,4-9H2,1-3H3. The second kappa shape index (κ2) is 5.64. The van der Waals surface area contributed by atoms with Crippen LogP contribution in [0.3, 0.4) is 0 Å². The summed E-state index contributed by atoms with van der Waals surface area (Å²) < 4.78 is 0. The van der Waals surface area contributed by atoms with Crippen LogP contribution in [0.1, 0.15) is 52.4 Å². The summed E-state index contributed by atoms with van der Waals surface area (Å²) in [5.74, 6) is 1.79. The Hall–Kier alpha value is -0.0400. The molecular formula is C12H25N. The van der Waals surface area contributed by atoms with Gasteiger partial charge in [-0.15, -0.1) is 0 Å². The molecule has 1 N–H and O–H groups in total. The lowest BCUT2D eigenvalue weighted by Gasteiger charge is -2.28. The van der Waals surface area contributed by atoms with Gasteiger partial charge < -0.3 is 5.32 Å². The van der Waals surface area contributed by atoms with Crippen LogP contribution in [0, 0.1) is 11.8 Å². The third-order valence-corrected chi connectivity index (χ3v) is 3.49. The highest BCUT2D eigenvalue weighted by atomic mass is 14.9. The maximum atomic E-state index is 3.45. The van der Waals surface area contributed by atoms with E-state index in [4.69, 9.17) is 0 Å². The molecule has 1 aliphatic rings. The minimum Gasteiger partial charge on any atom is -0.317 e. The van der Waals surface area contributed by atoms with Crippen molar-refractivity contribution >= 4 is 0 Å². The van der Waals surface area contributed by atoms with Crippen LogP contribution < -0.4 is 5.32 Å². The predicted octanol–water partition coefficient (Wildman–Crippen LogP) is 3.20. The van der Waals surface area contributed by atoms with Crippen molar-refractivity contribution in [1.82, 2.24) is 5.32 Å². The maximum Gasteiger partial charge on any atom is 0.00896 e. The molecule has 1 nitrogen and oxygen atoms in total. The normalized spacial score (nSPS) is 22.2. The molecule has 0 spiro atoms. The molecule has 0 aromatic heterocycles. The zero-order chi connectivity index (χ0) is 9.68. The number of nitrogens with one attached hydrogen (secondary N) is 1. The first-order valence-electron chi connectivity index (χ1n) is 5.91. The van der Waals surface area contributed by atoms with Crippen LogP contribution in [0.2, 0.25) is 0 Å². The fraction of sp³-hybridized carbons (Fsp3) is 1.00. The van der Waals surface area contributed by atoms with E-state index in [-0.39, 0.29) is 0 Å². The molecule has 0 aromatic rings. The van der Waals surface area contributed by atoms with Crippen molar-refractivity contribution in [3.05, 3.63) is 0 Å². The SMILES string of the molecule is CNC(CC1CCCCC1)C(C)C. The van der Waals surface area contributed by atoms with Gasteiger partial charge in [0.05, 0.1) is 0 Å². The molecular weight excluding hydrogens is 158 g/mol. The molecule has 0 amide bonds. The third-order valence-electron chi connectivity index (χ3n) is 3.49. The van der Waals surface area contributed by atoms with Gasteiger partial charge in [0.25, 0.3) is 0 Å². The highest BCUT2D eigenvalue weighted by molar-refractivity contribution is 4.75. The Morgan fingerprint density at radius 2 is 1.77 bits per heavy atom. The Kier molecular flexibility index (Phi) is 4.79. The van der Waals surface area contributed by atoms with E-state index in [0.29, 0.717) is 0 Å². The summed E-state index contributed by atoms with van der Waals surface area (Å²) in [6.45, 7) is 4.65. The van der Waals surface area contributed by atoms with Crippen molar-refractivity contribution in [1.29, 1.82) is 0 Å². The zero-order valence-corrected chi connectivity index (χ0v) is 9.47. The van der Waals surface area contributed by atoms with E-state index >= 15 is 0 Å². The number of rotatable bonds is 4. The van der Waals surface area contributed by atoms with E-state index in [2.05, 4.69) is 26.2 Å². The first-order chi connectivity index (χ1) is 6.24. The van der Waals surface area contributed by atoms with Crippen LogP contribution >= 0.6 is 0 Å². The molecule has 0 aromatic carbocycles. The van der Waals surface area contributed by atoms with E-state index < -0.39 is 0 Å². The van der Waals surface area contributed by atoms with Crippen LogP contribution in [-0.4, -0.2) is 13.1 Å². The molecule has 0 aliphatic heterocycles. The smallest absolute Gasteiger partial charge is 0.00896 e. The summed E-state index contributed by atoms with van der Waals surface area (Å²) in [5.41, 5.74) is 0. The Morgan fingerprint density at radius 3 is 2.23 bits per heavy atom. The molecule has 1 atom stereocenters. The Bertz CT molecular complexity index is 125. The van der Waals surface area contributed by atoms with Gasteiger partial charge >= 0.3 is 0 Å². The second-order valence-electron chi connectivity index (χ2n) is 4.88. The molecule has 78 valence electrons. The van der Waals surface area contributed by atoms with Gasteiger partial charge in [-0.2, -0.15) is 0 Å². The highest BCUT2D eigenvalue weighted by Crippen LogP contribution is 2.28. The minimum absolute atomic E-state index is 0.739. The summed E-state index contributed by atoms with van der Waals surface area (Å²) in [6.07, 6.45) is 8.77. The molecule has 1 aliphatic carbocycles. The minimum atomic E-state index is 0.739. The monoisotopic (exact) mass is 183 g/mol. The molecule has 1 fully saturated rings. The molecule has 0 heterocycles. The lowest BCUT2D eigenvalue weighted by molar-refractivity contribution is 0.273. The molecule has 0 radical (unpaired) electrons. The average molecular weight is 183 g/mol. The summed E-state index contributed by atoms with van der Waals surface area (Å²) in [6, 6.07) is 0.739. The van der Waals surface area contributed by atoms with Gasteiger partial charge in [0.15, 0.2) is 0 Å². The Morgan fingerprint density at radius 1 is 1.15 bits per heavy atom. The van der Waals surface area contributed by atoms with Gasteiger partial charge in [-0.25, -0.2) is 0 Å². The first kappa shape index (κ1) is 11.0. The van der Waals surface area contributed by atoms with E-state index in [1.54, 1.807) is 0 Å². The predicted molar refractivity (Wildman–Crippen MR) is 58.9 cm³/mol. The van der Waals surface area contributed by atoms with Crippen molar-refractivity contribution in [2.24, 2.45) is 11.8 Å². The summed E-state index contributed by atoms with van der Waals surface area (Å²) in [5, 5.41) is 3.45. The van der Waals surface area contributed by atoms with E-state index in [1.165, 1.54) is 38.5 Å². The van der Waals surface area contributed by atoms with Gasteiger partial charge in [-0.3, -0.25) is 0 Å². The molecule has 13 heavy (non-hydrogen) atoms. The van der Waals surface area contributed by atoms with Crippen molar-refractivity contribution in [3.63, 3.8) is 0 Å². The lowest BCUT2D eigenvalue weighted by Crippen LogP contribution is -2.33. The molecule has 1 heteroatoms. The van der Waals surface area contributed by atoms with Crippen LogP contribution in [0.5, 0.6) is 0 Å².